The number of carbonyl (C=O) groups is 2. The van der Waals surface area contributed by atoms with Crippen LogP contribution in [0.4, 0.5) is 5.13 Å². The van der Waals surface area contributed by atoms with Gasteiger partial charge in [-0.05, 0) is 44.2 Å². The highest BCUT2D eigenvalue weighted by atomic mass is 32.3. The minimum absolute atomic E-state index is 0.0331. The van der Waals surface area contributed by atoms with Crippen molar-refractivity contribution < 1.29 is 40.9 Å². The van der Waals surface area contributed by atoms with Crippen LogP contribution in [0, 0.1) is 5.92 Å². The summed E-state index contributed by atoms with van der Waals surface area (Å²) < 4.78 is 42.3. The summed E-state index contributed by atoms with van der Waals surface area (Å²) in [5, 5.41) is 6.26. The fourth-order valence-electron chi connectivity index (χ4n) is 5.22. The van der Waals surface area contributed by atoms with Gasteiger partial charge in [-0.25, -0.2) is 4.98 Å². The van der Waals surface area contributed by atoms with Crippen LogP contribution >= 0.6 is 11.3 Å². The molecule has 16 heteroatoms. The SMILES string of the molecule is CC1(C)C(CC(=O)/C(=N\OCCOc2ccc3c(c2)CC[N+](C)(CCCN)C3)c2csc(N)n2)C(=O)N1OS(=O)(=O)O. The zero-order valence-corrected chi connectivity index (χ0v) is 25.4. The second-order valence-electron chi connectivity index (χ2n) is 11.2. The molecule has 2 atom stereocenters. The molecule has 3 heterocycles. The van der Waals surface area contributed by atoms with Crippen molar-refractivity contribution in [3.8, 4) is 5.75 Å². The second kappa shape index (κ2) is 12.6. The van der Waals surface area contributed by atoms with Crippen LogP contribution in [0.25, 0.3) is 0 Å². The summed E-state index contributed by atoms with van der Waals surface area (Å²) in [5.74, 6) is -1.56. The van der Waals surface area contributed by atoms with Crippen molar-refractivity contribution in [2.45, 2.75) is 45.2 Å². The number of fused-ring (bicyclic) bond motifs is 1. The lowest BCUT2D eigenvalue weighted by Crippen LogP contribution is -2.68. The van der Waals surface area contributed by atoms with Gasteiger partial charge in [0.1, 0.15) is 24.6 Å². The van der Waals surface area contributed by atoms with Gasteiger partial charge in [0.15, 0.2) is 23.2 Å². The number of Topliss-reactive ketones (excluding diaryl/α,β-unsaturated/α-hetero) is 1. The Labute approximate surface area is 248 Å². The number of oxime groups is 1. The highest BCUT2D eigenvalue weighted by Crippen LogP contribution is 2.40. The lowest BCUT2D eigenvalue weighted by atomic mass is 9.74. The number of rotatable bonds is 14. The Morgan fingerprint density at radius 1 is 1.31 bits per heavy atom. The molecule has 42 heavy (non-hydrogen) atoms. The summed E-state index contributed by atoms with van der Waals surface area (Å²) in [6.07, 6.45) is 1.63. The quantitative estimate of drug-likeness (QED) is 0.0683. The molecule has 2 aliphatic heterocycles. The highest BCUT2D eigenvalue weighted by molar-refractivity contribution is 7.80. The highest BCUT2D eigenvalue weighted by Gasteiger charge is 2.57. The lowest BCUT2D eigenvalue weighted by Gasteiger charge is -2.50. The number of hydrogen-bond donors (Lipinski definition) is 3. The van der Waals surface area contributed by atoms with Crippen molar-refractivity contribution in [3.05, 3.63) is 40.4 Å². The molecule has 0 saturated carbocycles. The van der Waals surface area contributed by atoms with E-state index >= 15 is 0 Å². The molecule has 4 rings (SSSR count). The first-order valence-electron chi connectivity index (χ1n) is 13.5. The maximum atomic E-state index is 13.2. The number of amides is 1. The van der Waals surface area contributed by atoms with Gasteiger partial charge < -0.3 is 25.5 Å². The average Bonchev–Trinajstić information content (AvgIpc) is 3.36. The van der Waals surface area contributed by atoms with E-state index in [4.69, 9.17) is 25.6 Å². The predicted molar refractivity (Wildman–Crippen MR) is 155 cm³/mol. The number of carbonyl (C=O) groups excluding carboxylic acids is 2. The Kier molecular flexibility index (Phi) is 9.54. The second-order valence-corrected chi connectivity index (χ2v) is 13.1. The van der Waals surface area contributed by atoms with E-state index in [1.807, 2.05) is 12.1 Å². The van der Waals surface area contributed by atoms with Crippen molar-refractivity contribution in [3.63, 3.8) is 0 Å². The molecule has 2 aromatic rings. The topological polar surface area (TPSA) is 197 Å². The third kappa shape index (κ3) is 7.43. The molecule has 0 bridgehead atoms. The van der Waals surface area contributed by atoms with E-state index in [-0.39, 0.29) is 36.2 Å². The molecular formula is C26H37N6O8S2+. The number of likely N-dealkylation sites (N-methyl/N-ethyl adjacent to an activating group) is 1. The van der Waals surface area contributed by atoms with Gasteiger partial charge in [-0.1, -0.05) is 5.16 Å². The number of ether oxygens (including phenoxy) is 1. The molecular weight excluding hydrogens is 588 g/mol. The first-order valence-corrected chi connectivity index (χ1v) is 15.7. The van der Waals surface area contributed by atoms with Gasteiger partial charge in [-0.3, -0.25) is 14.1 Å². The maximum absolute atomic E-state index is 13.2. The van der Waals surface area contributed by atoms with E-state index in [0.29, 0.717) is 17.4 Å². The van der Waals surface area contributed by atoms with Crippen molar-refractivity contribution in [2.24, 2.45) is 16.8 Å². The minimum Gasteiger partial charge on any atom is -0.490 e. The Morgan fingerprint density at radius 3 is 2.71 bits per heavy atom. The molecule has 5 N–H and O–H groups in total. The van der Waals surface area contributed by atoms with Crippen LogP contribution in [0.5, 0.6) is 5.75 Å². The number of benzene rings is 1. The van der Waals surface area contributed by atoms with Crippen LogP contribution in [-0.4, -0.2) is 90.3 Å². The van der Waals surface area contributed by atoms with Crippen molar-refractivity contribution in [1.29, 1.82) is 0 Å². The number of anilines is 1. The molecule has 0 aliphatic carbocycles. The van der Waals surface area contributed by atoms with Crippen LogP contribution < -0.4 is 16.2 Å². The summed E-state index contributed by atoms with van der Waals surface area (Å²) in [6.45, 7) is 6.96. The number of ketones is 1. The smallest absolute Gasteiger partial charge is 0.418 e. The van der Waals surface area contributed by atoms with Gasteiger partial charge in [0.2, 0.25) is 0 Å². The molecule has 2 aliphatic rings. The number of nitrogens with zero attached hydrogens (tertiary/aromatic N) is 4. The molecule has 1 fully saturated rings. The summed E-state index contributed by atoms with van der Waals surface area (Å²) in [4.78, 5) is 35.2. The molecule has 1 aromatic heterocycles. The molecule has 0 spiro atoms. The largest absolute Gasteiger partial charge is 0.490 e. The summed E-state index contributed by atoms with van der Waals surface area (Å²) in [6, 6.07) is 6.07. The number of quaternary nitrogens is 1. The summed E-state index contributed by atoms with van der Waals surface area (Å²) >= 11 is 1.11. The summed E-state index contributed by atoms with van der Waals surface area (Å²) in [7, 11) is -2.65. The van der Waals surface area contributed by atoms with E-state index < -0.39 is 33.5 Å². The third-order valence-corrected chi connectivity index (χ3v) is 8.62. The van der Waals surface area contributed by atoms with Crippen molar-refractivity contribution in [2.75, 3.05) is 45.6 Å². The fraction of sp³-hybridized carbons (Fsp3) is 0.538. The van der Waals surface area contributed by atoms with E-state index in [1.54, 1.807) is 5.38 Å². The lowest BCUT2D eigenvalue weighted by molar-refractivity contribution is -0.924. The van der Waals surface area contributed by atoms with Crippen molar-refractivity contribution >= 4 is 44.3 Å². The van der Waals surface area contributed by atoms with Crippen LogP contribution in [0.1, 0.15) is 43.5 Å². The van der Waals surface area contributed by atoms with Gasteiger partial charge in [-0.15, -0.1) is 15.6 Å². The standard InChI is InChI=1S/C26H36N6O8S2/c1-26(2)20(24(34)31(26)40-42(35,36)37)14-22(33)23(21-16-41-25(28)29-21)30-39-12-11-38-19-6-5-18-15-32(3,9-4-8-27)10-7-17(18)13-19/h5-6,13,16,20H,4,7-12,14-15,27H2,1-3H3,(H2-,28,29,35,36,37)/p+1/b30-23-. The Bertz CT molecular complexity index is 1460. The average molecular weight is 626 g/mol. The molecule has 2 unspecified atom stereocenters. The van der Waals surface area contributed by atoms with E-state index in [1.165, 1.54) is 25.0 Å². The predicted octanol–water partition coefficient (Wildman–Crippen LogP) is 1.31. The molecule has 1 amide bonds. The van der Waals surface area contributed by atoms with Gasteiger partial charge >= 0.3 is 10.4 Å². The number of β-lactam (4-membered cyclic amide) rings is 1. The molecule has 1 aromatic carbocycles. The van der Waals surface area contributed by atoms with Crippen LogP contribution in [0.3, 0.4) is 0 Å². The summed E-state index contributed by atoms with van der Waals surface area (Å²) in [5.41, 5.74) is 12.9. The number of aromatic nitrogens is 1. The molecule has 14 nitrogen and oxygen atoms in total. The molecule has 0 radical (unpaired) electrons. The monoisotopic (exact) mass is 625 g/mol. The first-order chi connectivity index (χ1) is 19.7. The van der Waals surface area contributed by atoms with Crippen LogP contribution in [-0.2, 0) is 42.1 Å². The fourth-order valence-corrected chi connectivity index (χ4v) is 6.22. The number of hydrogen-bond acceptors (Lipinski definition) is 12. The minimum atomic E-state index is -4.91. The van der Waals surface area contributed by atoms with Gasteiger partial charge in [-0.2, -0.15) is 13.5 Å². The van der Waals surface area contributed by atoms with E-state index in [0.717, 1.165) is 48.3 Å². The van der Waals surface area contributed by atoms with E-state index in [2.05, 4.69) is 27.5 Å². The van der Waals surface area contributed by atoms with Crippen LogP contribution in [0.15, 0.2) is 28.7 Å². The Balaban J connectivity index is 1.35. The van der Waals surface area contributed by atoms with Gasteiger partial charge in [0.05, 0.1) is 31.6 Å². The van der Waals surface area contributed by atoms with Crippen LogP contribution in [0.2, 0.25) is 0 Å². The zero-order valence-electron chi connectivity index (χ0n) is 23.8. The molecule has 230 valence electrons. The molecule has 1 saturated heterocycles. The number of nitrogen functional groups attached to an aromatic ring is 1. The van der Waals surface area contributed by atoms with E-state index in [9.17, 15) is 18.0 Å². The zero-order chi connectivity index (χ0) is 30.7. The maximum Gasteiger partial charge on any atom is 0.418 e. The normalized spacial score (nSPS) is 21.9. The van der Waals surface area contributed by atoms with Crippen molar-refractivity contribution in [1.82, 2.24) is 10.0 Å². The first kappa shape index (κ1) is 31.8. The third-order valence-electron chi connectivity index (χ3n) is 7.61. The van der Waals surface area contributed by atoms with Gasteiger partial charge in [0, 0.05) is 30.2 Å². The Hall–Kier alpha value is -3.15. The number of hydroxylamine groups is 2. The Morgan fingerprint density at radius 2 is 2.07 bits per heavy atom. The van der Waals surface area contributed by atoms with Gasteiger partial charge in [0.25, 0.3) is 5.91 Å². The number of nitrogens with two attached hydrogens (primary N) is 2. The number of thiazole rings is 1.